The number of nitrogens with one attached hydrogen (secondary N) is 1. The molecule has 1 aliphatic heterocycles. The number of amides is 3. The Balaban J connectivity index is 1.47. The van der Waals surface area contributed by atoms with Gasteiger partial charge in [-0.2, -0.15) is 0 Å². The SMILES string of the molecule is COc1ccccc1NC(=O)CN1C(=O)S/C(=C/c2cc(Br)c(OCc3ccc(Br)cc3)c(OC)c2)C1=O. The van der Waals surface area contributed by atoms with E-state index in [0.29, 0.717) is 39.6 Å². The highest BCUT2D eigenvalue weighted by Crippen LogP contribution is 2.39. The average Bonchev–Trinajstić information content (AvgIpc) is 3.16. The molecule has 1 fully saturated rings. The Morgan fingerprint density at radius 1 is 1.00 bits per heavy atom. The van der Waals surface area contributed by atoms with Crippen LogP contribution in [0.5, 0.6) is 17.2 Å². The molecular formula is C27H22Br2N2O6S. The van der Waals surface area contributed by atoms with E-state index in [1.54, 1.807) is 42.5 Å². The number of hydrogen-bond donors (Lipinski definition) is 1. The molecule has 8 nitrogen and oxygen atoms in total. The van der Waals surface area contributed by atoms with Gasteiger partial charge in [-0.15, -0.1) is 0 Å². The molecule has 1 heterocycles. The Morgan fingerprint density at radius 2 is 1.71 bits per heavy atom. The van der Waals surface area contributed by atoms with E-state index in [4.69, 9.17) is 14.2 Å². The summed E-state index contributed by atoms with van der Waals surface area (Å²) in [7, 11) is 3.01. The van der Waals surface area contributed by atoms with Crippen LogP contribution in [0.4, 0.5) is 10.5 Å². The van der Waals surface area contributed by atoms with Gasteiger partial charge in [-0.25, -0.2) is 0 Å². The van der Waals surface area contributed by atoms with E-state index in [0.717, 1.165) is 26.7 Å². The number of benzene rings is 3. The molecular weight excluding hydrogens is 640 g/mol. The number of methoxy groups -OCH3 is 2. The predicted molar refractivity (Wildman–Crippen MR) is 153 cm³/mol. The first-order chi connectivity index (χ1) is 18.3. The molecule has 1 saturated heterocycles. The number of imide groups is 1. The highest BCUT2D eigenvalue weighted by atomic mass is 79.9. The number of halogens is 2. The third kappa shape index (κ3) is 6.58. The minimum Gasteiger partial charge on any atom is -0.495 e. The molecule has 0 atom stereocenters. The van der Waals surface area contributed by atoms with Crippen LogP contribution in [0.3, 0.4) is 0 Å². The number of para-hydroxylation sites is 2. The molecule has 3 aromatic carbocycles. The standard InChI is InChI=1S/C27H22Br2N2O6S/c1-35-21-6-4-3-5-20(21)30-24(32)14-31-26(33)23(38-27(31)34)13-17-11-19(29)25(22(12-17)36-2)37-15-16-7-9-18(28)10-8-16/h3-13H,14-15H2,1-2H3,(H,30,32)/b23-13+. The maximum Gasteiger partial charge on any atom is 0.294 e. The quantitative estimate of drug-likeness (QED) is 0.262. The topological polar surface area (TPSA) is 94.2 Å². The minimum absolute atomic E-state index is 0.192. The summed E-state index contributed by atoms with van der Waals surface area (Å²) in [5.41, 5.74) is 2.05. The molecule has 1 N–H and O–H groups in total. The Hall–Kier alpha value is -3.28. The van der Waals surface area contributed by atoms with Gasteiger partial charge in [0.05, 0.1) is 29.3 Å². The maximum absolute atomic E-state index is 13.0. The van der Waals surface area contributed by atoms with Gasteiger partial charge in [0, 0.05) is 4.47 Å². The number of nitrogens with zero attached hydrogens (tertiary/aromatic N) is 1. The van der Waals surface area contributed by atoms with Crippen LogP contribution >= 0.6 is 43.6 Å². The summed E-state index contributed by atoms with van der Waals surface area (Å²) in [5.74, 6) is 0.362. The molecule has 0 bridgehead atoms. The molecule has 0 unspecified atom stereocenters. The van der Waals surface area contributed by atoms with E-state index in [-0.39, 0.29) is 4.91 Å². The average molecular weight is 662 g/mol. The predicted octanol–water partition coefficient (Wildman–Crippen LogP) is 6.48. The number of anilines is 1. The van der Waals surface area contributed by atoms with Crippen LogP contribution in [0, 0.1) is 0 Å². The van der Waals surface area contributed by atoms with Crippen LogP contribution in [0.2, 0.25) is 0 Å². The monoisotopic (exact) mass is 660 g/mol. The second-order valence-electron chi connectivity index (χ2n) is 7.97. The van der Waals surface area contributed by atoms with Crippen molar-refractivity contribution in [2.45, 2.75) is 6.61 Å². The van der Waals surface area contributed by atoms with E-state index in [9.17, 15) is 14.4 Å². The third-order valence-electron chi connectivity index (χ3n) is 5.40. The largest absolute Gasteiger partial charge is 0.495 e. The van der Waals surface area contributed by atoms with Gasteiger partial charge in [-0.05, 0) is 81.3 Å². The Bertz CT molecular complexity index is 1410. The zero-order chi connectivity index (χ0) is 27.2. The van der Waals surface area contributed by atoms with Gasteiger partial charge in [0.15, 0.2) is 11.5 Å². The van der Waals surface area contributed by atoms with Crippen LogP contribution in [0.15, 0.2) is 74.5 Å². The lowest BCUT2D eigenvalue weighted by Gasteiger charge is -2.14. The van der Waals surface area contributed by atoms with E-state index in [1.165, 1.54) is 14.2 Å². The first kappa shape index (κ1) is 27.7. The number of rotatable bonds is 9. The lowest BCUT2D eigenvalue weighted by Crippen LogP contribution is -2.36. The molecule has 4 rings (SSSR count). The zero-order valence-electron chi connectivity index (χ0n) is 20.3. The molecule has 1 aliphatic rings. The molecule has 0 aromatic heterocycles. The minimum atomic E-state index is -0.555. The number of thioether (sulfide) groups is 1. The van der Waals surface area contributed by atoms with Crippen molar-refractivity contribution in [1.29, 1.82) is 0 Å². The van der Waals surface area contributed by atoms with Crippen LogP contribution in [-0.4, -0.2) is 42.7 Å². The molecule has 3 aromatic rings. The molecule has 38 heavy (non-hydrogen) atoms. The smallest absolute Gasteiger partial charge is 0.294 e. The maximum atomic E-state index is 13.0. The van der Waals surface area contributed by atoms with Gasteiger partial charge in [0.2, 0.25) is 5.91 Å². The normalized spacial score (nSPS) is 14.1. The van der Waals surface area contributed by atoms with Gasteiger partial charge in [-0.1, -0.05) is 40.2 Å². The first-order valence-electron chi connectivity index (χ1n) is 11.2. The number of carbonyl (C=O) groups is 3. The van der Waals surface area contributed by atoms with E-state index >= 15 is 0 Å². The zero-order valence-corrected chi connectivity index (χ0v) is 24.3. The summed E-state index contributed by atoms with van der Waals surface area (Å²) in [6.07, 6.45) is 1.58. The summed E-state index contributed by atoms with van der Waals surface area (Å²) < 4.78 is 18.3. The lowest BCUT2D eigenvalue weighted by molar-refractivity contribution is -0.127. The Morgan fingerprint density at radius 3 is 2.42 bits per heavy atom. The van der Waals surface area contributed by atoms with Gasteiger partial charge < -0.3 is 19.5 Å². The number of ether oxygens (including phenoxy) is 3. The molecule has 11 heteroatoms. The fourth-order valence-electron chi connectivity index (χ4n) is 3.57. The molecule has 0 spiro atoms. The fourth-order valence-corrected chi connectivity index (χ4v) is 5.25. The highest BCUT2D eigenvalue weighted by molar-refractivity contribution is 9.10. The van der Waals surface area contributed by atoms with Crippen molar-refractivity contribution in [3.63, 3.8) is 0 Å². The Labute approximate surface area is 240 Å². The molecule has 3 amide bonds. The van der Waals surface area contributed by atoms with Crippen LogP contribution < -0.4 is 19.5 Å². The van der Waals surface area contributed by atoms with Crippen molar-refractivity contribution in [2.24, 2.45) is 0 Å². The molecule has 0 radical (unpaired) electrons. The van der Waals surface area contributed by atoms with Crippen molar-refractivity contribution in [2.75, 3.05) is 26.1 Å². The second-order valence-corrected chi connectivity index (χ2v) is 10.7. The van der Waals surface area contributed by atoms with Crippen molar-refractivity contribution in [1.82, 2.24) is 4.90 Å². The molecule has 196 valence electrons. The third-order valence-corrected chi connectivity index (χ3v) is 7.43. The number of carbonyl (C=O) groups excluding carboxylic acids is 3. The van der Waals surface area contributed by atoms with Crippen molar-refractivity contribution < 1.29 is 28.6 Å². The molecule has 0 saturated carbocycles. The van der Waals surface area contributed by atoms with Crippen molar-refractivity contribution in [3.05, 3.63) is 85.6 Å². The van der Waals surface area contributed by atoms with Gasteiger partial charge >= 0.3 is 0 Å². The van der Waals surface area contributed by atoms with E-state index in [1.807, 2.05) is 24.3 Å². The summed E-state index contributed by atoms with van der Waals surface area (Å²) in [5, 5.41) is 2.14. The molecule has 0 aliphatic carbocycles. The van der Waals surface area contributed by atoms with Gasteiger partial charge in [-0.3, -0.25) is 19.3 Å². The van der Waals surface area contributed by atoms with Crippen molar-refractivity contribution >= 4 is 72.4 Å². The Kier molecular flexibility index (Phi) is 9.13. The first-order valence-corrected chi connectivity index (χ1v) is 13.6. The van der Waals surface area contributed by atoms with Crippen LogP contribution in [0.1, 0.15) is 11.1 Å². The summed E-state index contributed by atoms with van der Waals surface area (Å²) in [6, 6.07) is 18.1. The second kappa shape index (κ2) is 12.5. The van der Waals surface area contributed by atoms with Crippen LogP contribution in [-0.2, 0) is 16.2 Å². The summed E-state index contributed by atoms with van der Waals surface area (Å²) in [4.78, 5) is 39.2. The van der Waals surface area contributed by atoms with Crippen LogP contribution in [0.25, 0.3) is 6.08 Å². The lowest BCUT2D eigenvalue weighted by atomic mass is 10.1. The van der Waals surface area contributed by atoms with E-state index < -0.39 is 23.6 Å². The summed E-state index contributed by atoms with van der Waals surface area (Å²) in [6.45, 7) is -0.0900. The number of hydrogen-bond acceptors (Lipinski definition) is 7. The van der Waals surface area contributed by atoms with Gasteiger partial charge in [0.25, 0.3) is 11.1 Å². The summed E-state index contributed by atoms with van der Waals surface area (Å²) >= 11 is 7.70. The highest BCUT2D eigenvalue weighted by Gasteiger charge is 2.36. The van der Waals surface area contributed by atoms with Gasteiger partial charge in [0.1, 0.15) is 18.9 Å². The van der Waals surface area contributed by atoms with Crippen molar-refractivity contribution in [3.8, 4) is 17.2 Å². The van der Waals surface area contributed by atoms with E-state index in [2.05, 4.69) is 37.2 Å². The fraction of sp³-hybridized carbons (Fsp3) is 0.148.